The number of hydrogen-bond acceptors (Lipinski definition) is 6. The Morgan fingerprint density at radius 1 is 1.03 bits per heavy atom. The zero-order valence-corrected chi connectivity index (χ0v) is 20.8. The van der Waals surface area contributed by atoms with Crippen molar-refractivity contribution in [3.63, 3.8) is 0 Å². The molecule has 3 aromatic rings. The largest absolute Gasteiger partial charge is 0.573 e. The molecule has 4 rings (SSSR count). The molecule has 0 bridgehead atoms. The van der Waals surface area contributed by atoms with Gasteiger partial charge in [0, 0.05) is 32.1 Å². The van der Waals surface area contributed by atoms with Gasteiger partial charge in [-0.05, 0) is 55.9 Å². The van der Waals surface area contributed by atoms with Crippen LogP contribution in [0.25, 0.3) is 10.9 Å². The van der Waals surface area contributed by atoms with Crippen molar-refractivity contribution in [3.8, 4) is 5.75 Å². The van der Waals surface area contributed by atoms with E-state index in [2.05, 4.69) is 20.4 Å². The summed E-state index contributed by atoms with van der Waals surface area (Å²) in [5.41, 5.74) is 0.741. The lowest BCUT2D eigenvalue weighted by atomic mass is 9.86. The molecule has 0 aliphatic heterocycles. The van der Waals surface area contributed by atoms with Gasteiger partial charge in [-0.15, -0.1) is 25.6 Å². The average molecular weight is 524 g/mol. The summed E-state index contributed by atoms with van der Waals surface area (Å²) in [4.78, 5) is 23.8. The van der Waals surface area contributed by atoms with Gasteiger partial charge in [0.15, 0.2) is 0 Å². The number of carbonyl (C=O) groups excluding carboxylic acids is 1. The number of amides is 1. The van der Waals surface area contributed by atoms with E-state index in [1.54, 1.807) is 0 Å². The van der Waals surface area contributed by atoms with Gasteiger partial charge in [0.2, 0.25) is 5.95 Å². The quantitative estimate of drug-likeness (QED) is 0.431. The number of rotatable bonds is 7. The fourth-order valence-corrected chi connectivity index (χ4v) is 4.36. The summed E-state index contributed by atoms with van der Waals surface area (Å²) in [6.07, 6.45) is -1.37. The van der Waals surface area contributed by atoms with Gasteiger partial charge in [-0.25, -0.2) is 4.98 Å². The molecule has 2 N–H and O–H groups in total. The summed E-state index contributed by atoms with van der Waals surface area (Å²) in [6, 6.07) is 13.4. The first-order chi connectivity index (χ1) is 16.7. The number of fused-ring (bicyclic) bond motifs is 1. The van der Waals surface area contributed by atoms with Crippen LogP contribution in [0.5, 0.6) is 5.75 Å². The molecule has 1 aromatic heterocycles. The summed E-state index contributed by atoms with van der Waals surface area (Å²) < 4.78 is 41.8. The van der Waals surface area contributed by atoms with E-state index in [9.17, 15) is 18.0 Å². The zero-order chi connectivity index (χ0) is 25.0. The van der Waals surface area contributed by atoms with Crippen molar-refractivity contribution in [2.75, 3.05) is 30.9 Å². The number of aromatic nitrogens is 2. The van der Waals surface area contributed by atoms with Crippen molar-refractivity contribution in [2.24, 2.45) is 5.92 Å². The smallest absolute Gasteiger partial charge is 0.405 e. The van der Waals surface area contributed by atoms with Crippen LogP contribution < -0.4 is 20.3 Å². The van der Waals surface area contributed by atoms with Crippen LogP contribution in [0.15, 0.2) is 48.5 Å². The second-order valence-electron chi connectivity index (χ2n) is 8.90. The molecule has 194 valence electrons. The van der Waals surface area contributed by atoms with Crippen LogP contribution in [0.4, 0.5) is 24.9 Å². The highest BCUT2D eigenvalue weighted by molar-refractivity contribution is 5.97. The van der Waals surface area contributed by atoms with E-state index in [-0.39, 0.29) is 29.9 Å². The van der Waals surface area contributed by atoms with Gasteiger partial charge < -0.3 is 20.3 Å². The molecule has 7 nitrogen and oxygen atoms in total. The second-order valence-corrected chi connectivity index (χ2v) is 8.90. The van der Waals surface area contributed by atoms with Crippen LogP contribution in [-0.2, 0) is 0 Å². The summed E-state index contributed by atoms with van der Waals surface area (Å²) in [5, 5.41) is 7.20. The minimum absolute atomic E-state index is 0. The second kappa shape index (κ2) is 11.6. The molecular formula is C25H29ClF3N5O2. The van der Waals surface area contributed by atoms with Crippen molar-refractivity contribution in [2.45, 2.75) is 38.1 Å². The number of para-hydroxylation sites is 2. The van der Waals surface area contributed by atoms with Crippen molar-refractivity contribution >= 4 is 41.0 Å². The van der Waals surface area contributed by atoms with Crippen molar-refractivity contribution in [3.05, 3.63) is 54.1 Å². The lowest BCUT2D eigenvalue weighted by Gasteiger charge is -2.29. The number of nitrogens with one attached hydrogen (secondary N) is 2. The van der Waals surface area contributed by atoms with Crippen LogP contribution in [0.3, 0.4) is 0 Å². The molecule has 36 heavy (non-hydrogen) atoms. The number of nitrogens with zero attached hydrogens (tertiary/aromatic N) is 3. The number of hydrogen-bond donors (Lipinski definition) is 2. The van der Waals surface area contributed by atoms with Gasteiger partial charge in [0.05, 0.1) is 11.1 Å². The van der Waals surface area contributed by atoms with E-state index in [4.69, 9.17) is 4.98 Å². The van der Waals surface area contributed by atoms with Gasteiger partial charge in [-0.1, -0.05) is 24.3 Å². The van der Waals surface area contributed by atoms with Crippen LogP contribution >= 0.6 is 12.4 Å². The Kier molecular flexibility index (Phi) is 8.84. The molecule has 1 heterocycles. The third-order valence-corrected chi connectivity index (χ3v) is 6.10. The first kappa shape index (κ1) is 27.3. The number of anilines is 2. The highest BCUT2D eigenvalue weighted by Gasteiger charge is 2.33. The lowest BCUT2D eigenvalue weighted by Crippen LogP contribution is -2.34. The maximum Gasteiger partial charge on any atom is 0.573 e. The molecule has 0 atom stereocenters. The van der Waals surface area contributed by atoms with Gasteiger partial charge in [0.25, 0.3) is 5.91 Å². The SMILES string of the molecule is CN(C)c1nc(NC2CCC(CNC(=O)c3ccccc3OC(F)(F)F)CC2)nc2ccccc12.Cl. The first-order valence-corrected chi connectivity index (χ1v) is 11.5. The molecule has 1 fully saturated rings. The number of ether oxygens (including phenoxy) is 1. The minimum Gasteiger partial charge on any atom is -0.405 e. The summed E-state index contributed by atoms with van der Waals surface area (Å²) in [5.74, 6) is 0.598. The number of alkyl halides is 3. The molecule has 0 spiro atoms. The number of halogens is 4. The average Bonchev–Trinajstić information content (AvgIpc) is 2.82. The topological polar surface area (TPSA) is 79.4 Å². The predicted octanol–water partition coefficient (Wildman–Crippen LogP) is 5.42. The molecular weight excluding hydrogens is 495 g/mol. The summed E-state index contributed by atoms with van der Waals surface area (Å²) >= 11 is 0. The van der Waals surface area contributed by atoms with Gasteiger partial charge >= 0.3 is 6.36 Å². The molecule has 1 amide bonds. The maximum absolute atomic E-state index is 12.6. The van der Waals surface area contributed by atoms with Crippen molar-refractivity contribution < 1.29 is 22.7 Å². The van der Waals surface area contributed by atoms with Crippen LogP contribution in [-0.4, -0.2) is 48.9 Å². The van der Waals surface area contributed by atoms with Crippen molar-refractivity contribution in [1.82, 2.24) is 15.3 Å². The third kappa shape index (κ3) is 6.90. The van der Waals surface area contributed by atoms with Gasteiger partial charge in [0.1, 0.15) is 11.6 Å². The Morgan fingerprint density at radius 3 is 2.39 bits per heavy atom. The molecule has 2 aromatic carbocycles. The molecule has 1 aliphatic carbocycles. The Hall–Kier alpha value is -3.27. The molecule has 11 heteroatoms. The molecule has 0 saturated heterocycles. The monoisotopic (exact) mass is 523 g/mol. The maximum atomic E-state index is 12.6. The summed E-state index contributed by atoms with van der Waals surface area (Å²) in [7, 11) is 3.90. The standard InChI is InChI=1S/C25H28F3N5O2.ClH/c1-33(2)22-18-7-3-5-9-20(18)31-24(32-22)30-17-13-11-16(12-14-17)15-29-23(34)19-8-4-6-10-21(19)35-25(26,27)28;/h3-10,16-17H,11-15H2,1-2H3,(H,29,34)(H,30,31,32);1H. The highest BCUT2D eigenvalue weighted by Crippen LogP contribution is 2.29. The molecule has 0 radical (unpaired) electrons. The van der Waals surface area contributed by atoms with Crippen molar-refractivity contribution in [1.29, 1.82) is 0 Å². The zero-order valence-electron chi connectivity index (χ0n) is 20.0. The van der Waals surface area contributed by atoms with Gasteiger partial charge in [-0.3, -0.25) is 4.79 Å². The van der Waals surface area contributed by atoms with Crippen LogP contribution in [0, 0.1) is 5.92 Å². The molecule has 1 aliphatic rings. The Labute approximate surface area is 213 Å². The van der Waals surface area contributed by atoms with E-state index in [0.717, 1.165) is 48.5 Å². The normalized spacial score (nSPS) is 17.7. The van der Waals surface area contributed by atoms with E-state index < -0.39 is 18.0 Å². The fraction of sp³-hybridized carbons (Fsp3) is 0.400. The Bertz CT molecular complexity index is 1180. The molecule has 1 saturated carbocycles. The third-order valence-electron chi connectivity index (χ3n) is 6.10. The lowest BCUT2D eigenvalue weighted by molar-refractivity contribution is -0.274. The van der Waals surface area contributed by atoms with E-state index >= 15 is 0 Å². The highest BCUT2D eigenvalue weighted by atomic mass is 35.5. The fourth-order valence-electron chi connectivity index (χ4n) is 4.36. The Morgan fingerprint density at radius 2 is 1.69 bits per heavy atom. The van der Waals surface area contributed by atoms with Crippen LogP contribution in [0.1, 0.15) is 36.0 Å². The van der Waals surface area contributed by atoms with E-state index in [0.29, 0.717) is 12.5 Å². The number of carbonyl (C=O) groups is 1. The minimum atomic E-state index is -4.86. The first-order valence-electron chi connectivity index (χ1n) is 11.5. The van der Waals surface area contributed by atoms with Crippen LogP contribution in [0.2, 0.25) is 0 Å². The number of benzene rings is 2. The van der Waals surface area contributed by atoms with E-state index in [1.165, 1.54) is 18.2 Å². The molecule has 0 unspecified atom stereocenters. The Balaban J connectivity index is 0.00000361. The van der Waals surface area contributed by atoms with E-state index in [1.807, 2.05) is 43.3 Å². The predicted molar refractivity (Wildman–Crippen MR) is 136 cm³/mol. The van der Waals surface area contributed by atoms with Gasteiger partial charge in [-0.2, -0.15) is 4.98 Å². The summed E-state index contributed by atoms with van der Waals surface area (Å²) in [6.45, 7) is 0.392.